The Morgan fingerprint density at radius 1 is 0.727 bits per heavy atom. The quantitative estimate of drug-likeness (QED) is 0.163. The van der Waals surface area contributed by atoms with E-state index in [0.717, 1.165) is 12.5 Å². The molecule has 2 heteroatoms. The topological polar surface area (TPSA) is 37.3 Å². The van der Waals surface area contributed by atoms with Gasteiger partial charge in [0.15, 0.2) is 0 Å². The zero-order valence-electron chi connectivity index (χ0n) is 14.3. The Hall–Kier alpha value is -1.31. The van der Waals surface area contributed by atoms with Crippen LogP contribution in [0.1, 0.15) is 84.0 Å². The number of carbonyl (C=O) groups is 1. The van der Waals surface area contributed by atoms with E-state index in [1.165, 1.54) is 70.6 Å². The highest BCUT2D eigenvalue weighted by Gasteiger charge is 1.92. The van der Waals surface area contributed by atoms with Gasteiger partial charge in [0.2, 0.25) is 0 Å². The third-order valence-corrected chi connectivity index (χ3v) is 3.71. The van der Waals surface area contributed by atoms with Crippen molar-refractivity contribution in [2.75, 3.05) is 0 Å². The van der Waals surface area contributed by atoms with E-state index in [4.69, 9.17) is 5.11 Å². The summed E-state index contributed by atoms with van der Waals surface area (Å²) in [6.45, 7) is 2.09. The number of carboxylic acid groups (broad SMARTS) is 1. The van der Waals surface area contributed by atoms with Gasteiger partial charge in [0.1, 0.15) is 0 Å². The van der Waals surface area contributed by atoms with Crippen molar-refractivity contribution in [2.24, 2.45) is 0 Å². The Bertz CT molecular complexity index is 327. The molecule has 0 unspecified atom stereocenters. The highest BCUT2D eigenvalue weighted by molar-refractivity contribution is 5.80. The molecule has 0 saturated heterocycles. The highest BCUT2D eigenvalue weighted by Crippen LogP contribution is 2.12. The van der Waals surface area contributed by atoms with E-state index in [9.17, 15) is 4.79 Å². The SMILES string of the molecule is CC=CCCCCCCCCCCCCC=CC=CC(=O)O. The van der Waals surface area contributed by atoms with Crippen molar-refractivity contribution in [2.45, 2.75) is 84.0 Å². The molecule has 0 aliphatic heterocycles. The van der Waals surface area contributed by atoms with Gasteiger partial charge >= 0.3 is 5.97 Å². The van der Waals surface area contributed by atoms with Crippen LogP contribution in [0.2, 0.25) is 0 Å². The maximum absolute atomic E-state index is 10.2. The van der Waals surface area contributed by atoms with E-state index in [1.54, 1.807) is 6.08 Å². The van der Waals surface area contributed by atoms with E-state index < -0.39 is 5.97 Å². The van der Waals surface area contributed by atoms with E-state index in [0.29, 0.717) is 0 Å². The second-order valence-corrected chi connectivity index (χ2v) is 5.81. The van der Waals surface area contributed by atoms with Crippen LogP contribution in [0, 0.1) is 0 Å². The third kappa shape index (κ3) is 18.7. The summed E-state index contributed by atoms with van der Waals surface area (Å²) in [4.78, 5) is 10.2. The molecule has 0 radical (unpaired) electrons. The van der Waals surface area contributed by atoms with Crippen LogP contribution in [-0.2, 0) is 4.79 Å². The molecule has 22 heavy (non-hydrogen) atoms. The standard InChI is InChI=1S/C20H34O2/c1-2-3-4-5-6-7-8-9-10-11-12-13-14-15-16-17-18-19-20(21)22/h2-3,16-19H,4-15H2,1H3,(H,21,22). The molecule has 2 nitrogen and oxygen atoms in total. The second kappa shape index (κ2) is 17.7. The number of rotatable bonds is 15. The molecule has 0 rings (SSSR count). The van der Waals surface area contributed by atoms with Gasteiger partial charge in [-0.1, -0.05) is 81.7 Å². The average molecular weight is 306 g/mol. The summed E-state index contributed by atoms with van der Waals surface area (Å²) < 4.78 is 0. The Morgan fingerprint density at radius 2 is 1.18 bits per heavy atom. The molecule has 126 valence electrons. The fourth-order valence-corrected chi connectivity index (χ4v) is 2.42. The summed E-state index contributed by atoms with van der Waals surface area (Å²) in [6.07, 6.45) is 26.8. The largest absolute Gasteiger partial charge is 0.478 e. The predicted octanol–water partition coefficient (Wildman–Crippen LogP) is 6.44. The van der Waals surface area contributed by atoms with Crippen LogP contribution in [0.15, 0.2) is 36.5 Å². The fourth-order valence-electron chi connectivity index (χ4n) is 2.42. The van der Waals surface area contributed by atoms with Crippen LogP contribution < -0.4 is 0 Å². The van der Waals surface area contributed by atoms with Crippen molar-refractivity contribution in [1.82, 2.24) is 0 Å². The number of hydrogen-bond donors (Lipinski definition) is 1. The summed E-state index contributed by atoms with van der Waals surface area (Å²) in [5, 5.41) is 8.42. The molecule has 0 fully saturated rings. The molecule has 0 saturated carbocycles. The number of allylic oxidation sites excluding steroid dienone is 5. The summed E-state index contributed by atoms with van der Waals surface area (Å²) in [5.74, 6) is -0.887. The van der Waals surface area contributed by atoms with Crippen LogP contribution in [0.5, 0.6) is 0 Å². The fraction of sp³-hybridized carbons (Fsp3) is 0.650. The number of aliphatic carboxylic acids is 1. The van der Waals surface area contributed by atoms with Crippen molar-refractivity contribution in [3.8, 4) is 0 Å². The van der Waals surface area contributed by atoms with Gasteiger partial charge in [-0.3, -0.25) is 0 Å². The Labute approximate surface area is 137 Å². The normalized spacial score (nSPS) is 12.0. The van der Waals surface area contributed by atoms with Gasteiger partial charge in [-0.15, -0.1) is 0 Å². The van der Waals surface area contributed by atoms with Crippen molar-refractivity contribution < 1.29 is 9.90 Å². The Balaban J connectivity index is 3.13. The lowest BCUT2D eigenvalue weighted by Crippen LogP contribution is -1.84. The number of carboxylic acids is 1. The maximum atomic E-state index is 10.2. The van der Waals surface area contributed by atoms with Gasteiger partial charge < -0.3 is 5.11 Å². The first-order chi connectivity index (χ1) is 10.8. The van der Waals surface area contributed by atoms with E-state index in [2.05, 4.69) is 19.1 Å². The minimum absolute atomic E-state index is 0.887. The highest BCUT2D eigenvalue weighted by atomic mass is 16.4. The molecule has 0 atom stereocenters. The van der Waals surface area contributed by atoms with Gasteiger partial charge in [0.05, 0.1) is 0 Å². The van der Waals surface area contributed by atoms with Gasteiger partial charge in [-0.05, 0) is 32.6 Å². The first-order valence-electron chi connectivity index (χ1n) is 8.94. The third-order valence-electron chi connectivity index (χ3n) is 3.71. The molecule has 0 aliphatic rings. The van der Waals surface area contributed by atoms with Gasteiger partial charge in [-0.25, -0.2) is 4.79 Å². The minimum atomic E-state index is -0.887. The summed E-state index contributed by atoms with van der Waals surface area (Å²) in [5.41, 5.74) is 0. The molecular formula is C20H34O2. The number of hydrogen-bond acceptors (Lipinski definition) is 1. The Morgan fingerprint density at radius 3 is 1.64 bits per heavy atom. The monoisotopic (exact) mass is 306 g/mol. The van der Waals surface area contributed by atoms with Crippen molar-refractivity contribution in [3.05, 3.63) is 36.5 Å². The lowest BCUT2D eigenvalue weighted by molar-refractivity contribution is -0.131. The smallest absolute Gasteiger partial charge is 0.328 e. The van der Waals surface area contributed by atoms with E-state index in [1.807, 2.05) is 12.2 Å². The molecule has 1 N–H and O–H groups in total. The van der Waals surface area contributed by atoms with Crippen LogP contribution in [0.4, 0.5) is 0 Å². The maximum Gasteiger partial charge on any atom is 0.328 e. The van der Waals surface area contributed by atoms with Gasteiger partial charge in [0.25, 0.3) is 0 Å². The molecule has 0 aromatic carbocycles. The van der Waals surface area contributed by atoms with Crippen LogP contribution in [0.25, 0.3) is 0 Å². The zero-order valence-corrected chi connectivity index (χ0v) is 14.3. The predicted molar refractivity (Wildman–Crippen MR) is 96.1 cm³/mol. The van der Waals surface area contributed by atoms with E-state index >= 15 is 0 Å². The lowest BCUT2D eigenvalue weighted by atomic mass is 10.0. The first-order valence-corrected chi connectivity index (χ1v) is 8.94. The van der Waals surface area contributed by atoms with E-state index in [-0.39, 0.29) is 0 Å². The second-order valence-electron chi connectivity index (χ2n) is 5.81. The summed E-state index contributed by atoms with van der Waals surface area (Å²) >= 11 is 0. The number of unbranched alkanes of at least 4 members (excludes halogenated alkanes) is 11. The molecule has 0 aromatic heterocycles. The average Bonchev–Trinajstić information content (AvgIpc) is 2.50. The Kier molecular flexibility index (Phi) is 16.7. The first kappa shape index (κ1) is 20.7. The molecule has 0 aliphatic carbocycles. The summed E-state index contributed by atoms with van der Waals surface area (Å²) in [6, 6.07) is 0. The molecule has 0 aromatic rings. The molecular weight excluding hydrogens is 272 g/mol. The summed E-state index contributed by atoms with van der Waals surface area (Å²) in [7, 11) is 0. The van der Waals surface area contributed by atoms with Crippen LogP contribution >= 0.6 is 0 Å². The molecule has 0 heterocycles. The molecule has 0 spiro atoms. The van der Waals surface area contributed by atoms with Crippen LogP contribution in [0.3, 0.4) is 0 Å². The van der Waals surface area contributed by atoms with Gasteiger partial charge in [-0.2, -0.15) is 0 Å². The van der Waals surface area contributed by atoms with Crippen LogP contribution in [-0.4, -0.2) is 11.1 Å². The minimum Gasteiger partial charge on any atom is -0.478 e. The van der Waals surface area contributed by atoms with Gasteiger partial charge in [0, 0.05) is 6.08 Å². The van der Waals surface area contributed by atoms with Crippen molar-refractivity contribution >= 4 is 5.97 Å². The van der Waals surface area contributed by atoms with Crippen molar-refractivity contribution in [1.29, 1.82) is 0 Å². The molecule has 0 bridgehead atoms. The van der Waals surface area contributed by atoms with Crippen molar-refractivity contribution in [3.63, 3.8) is 0 Å². The molecule has 0 amide bonds. The zero-order chi connectivity index (χ0) is 16.3. The lowest BCUT2D eigenvalue weighted by Gasteiger charge is -2.01.